The second kappa shape index (κ2) is 9.78. The maximum Gasteiger partial charge on any atom is 0.224 e. The lowest BCUT2D eigenvalue weighted by Gasteiger charge is -2.12. The Bertz CT molecular complexity index is 1020. The number of amides is 1. The maximum atomic E-state index is 12.4. The average Bonchev–Trinajstić information content (AvgIpc) is 3.10. The fourth-order valence-corrected chi connectivity index (χ4v) is 3.02. The van der Waals surface area contributed by atoms with Gasteiger partial charge in [0.15, 0.2) is 11.5 Å². The van der Waals surface area contributed by atoms with E-state index in [0.717, 1.165) is 5.75 Å². The summed E-state index contributed by atoms with van der Waals surface area (Å²) in [4.78, 5) is 24.0. The van der Waals surface area contributed by atoms with E-state index < -0.39 is 0 Å². The zero-order valence-electron chi connectivity index (χ0n) is 17.4. The number of nitrogens with one attached hydrogen (secondary N) is 1. The molecule has 2 aromatic carbocycles. The summed E-state index contributed by atoms with van der Waals surface area (Å²) in [6.45, 7) is 5.77. The van der Waals surface area contributed by atoms with Crippen molar-refractivity contribution in [2.45, 2.75) is 33.6 Å². The number of rotatable bonds is 9. The van der Waals surface area contributed by atoms with Crippen molar-refractivity contribution >= 4 is 17.4 Å². The molecule has 0 saturated heterocycles. The minimum absolute atomic E-state index is 0.0488. The van der Waals surface area contributed by atoms with Crippen LogP contribution in [0.5, 0.6) is 17.2 Å². The van der Waals surface area contributed by atoms with Gasteiger partial charge in [0.1, 0.15) is 23.0 Å². The molecule has 0 atom stereocenters. The molecule has 6 heteroatoms. The van der Waals surface area contributed by atoms with Crippen molar-refractivity contribution in [3.05, 3.63) is 71.7 Å². The van der Waals surface area contributed by atoms with E-state index in [1.807, 2.05) is 43.3 Å². The zero-order chi connectivity index (χ0) is 21.5. The molecule has 0 unspecified atom stereocenters. The fraction of sp³-hybridized carbons (Fsp3) is 0.250. The molecule has 0 spiro atoms. The van der Waals surface area contributed by atoms with Crippen LogP contribution in [-0.4, -0.2) is 18.3 Å². The molecule has 6 nitrogen and oxygen atoms in total. The van der Waals surface area contributed by atoms with Crippen molar-refractivity contribution in [1.29, 1.82) is 0 Å². The molecular formula is C24H25NO5. The zero-order valence-corrected chi connectivity index (χ0v) is 17.4. The molecule has 3 aromatic rings. The Balaban J connectivity index is 1.62. The number of para-hydroxylation sites is 2. The highest BCUT2D eigenvalue weighted by Gasteiger charge is 2.13. The summed E-state index contributed by atoms with van der Waals surface area (Å²) in [7, 11) is 0. The van der Waals surface area contributed by atoms with Gasteiger partial charge in [0.2, 0.25) is 5.91 Å². The van der Waals surface area contributed by atoms with Crippen LogP contribution in [0.25, 0.3) is 0 Å². The van der Waals surface area contributed by atoms with Crippen LogP contribution in [0, 0.1) is 6.92 Å². The standard InChI is InChI=1S/C24H25NO5/c1-4-28-18-9-11-19(12-10-18)30-23-8-6-5-7-22(23)25-24(27)14-13-20-15-21(16(2)26)17(3)29-20/h5-12,15H,4,13-14H2,1-3H3,(H,25,27). The second-order valence-electron chi connectivity index (χ2n) is 6.79. The first kappa shape index (κ1) is 21.2. The van der Waals surface area contributed by atoms with Crippen molar-refractivity contribution in [2.24, 2.45) is 0 Å². The Morgan fingerprint density at radius 1 is 1.03 bits per heavy atom. The van der Waals surface area contributed by atoms with Crippen molar-refractivity contribution in [1.82, 2.24) is 0 Å². The van der Waals surface area contributed by atoms with Crippen LogP contribution in [0.4, 0.5) is 5.69 Å². The molecule has 0 radical (unpaired) electrons. The van der Waals surface area contributed by atoms with E-state index in [-0.39, 0.29) is 18.1 Å². The number of Topliss-reactive ketones (excluding diaryl/α,β-unsaturated/α-hetero) is 1. The van der Waals surface area contributed by atoms with E-state index in [1.54, 1.807) is 25.1 Å². The average molecular weight is 407 g/mol. The van der Waals surface area contributed by atoms with Crippen LogP contribution in [-0.2, 0) is 11.2 Å². The first-order valence-corrected chi connectivity index (χ1v) is 9.86. The maximum absolute atomic E-state index is 12.4. The summed E-state index contributed by atoms with van der Waals surface area (Å²) in [6.07, 6.45) is 0.629. The lowest BCUT2D eigenvalue weighted by Crippen LogP contribution is -2.12. The van der Waals surface area contributed by atoms with Gasteiger partial charge in [0.25, 0.3) is 0 Å². The van der Waals surface area contributed by atoms with E-state index in [9.17, 15) is 9.59 Å². The molecule has 0 aliphatic rings. The van der Waals surface area contributed by atoms with Crippen LogP contribution in [0.3, 0.4) is 0 Å². The van der Waals surface area contributed by atoms with Crippen molar-refractivity contribution in [2.75, 3.05) is 11.9 Å². The van der Waals surface area contributed by atoms with Gasteiger partial charge < -0.3 is 19.2 Å². The third kappa shape index (κ3) is 5.50. The Hall–Kier alpha value is -3.54. The van der Waals surface area contributed by atoms with E-state index in [4.69, 9.17) is 13.9 Å². The SMILES string of the molecule is CCOc1ccc(Oc2ccccc2NC(=O)CCc2cc(C(C)=O)c(C)o2)cc1. The first-order valence-electron chi connectivity index (χ1n) is 9.86. The number of furan rings is 1. The molecule has 0 bridgehead atoms. The molecule has 0 aliphatic carbocycles. The highest BCUT2D eigenvalue weighted by atomic mass is 16.5. The minimum Gasteiger partial charge on any atom is -0.494 e. The highest BCUT2D eigenvalue weighted by Crippen LogP contribution is 2.30. The molecule has 0 saturated carbocycles. The predicted molar refractivity (Wildman–Crippen MR) is 115 cm³/mol. The first-order chi connectivity index (χ1) is 14.5. The van der Waals surface area contributed by atoms with Gasteiger partial charge >= 0.3 is 0 Å². The van der Waals surface area contributed by atoms with E-state index >= 15 is 0 Å². The third-order valence-electron chi connectivity index (χ3n) is 4.47. The summed E-state index contributed by atoms with van der Waals surface area (Å²) >= 11 is 0. The minimum atomic E-state index is -0.170. The van der Waals surface area contributed by atoms with Gasteiger partial charge in [-0.15, -0.1) is 0 Å². The number of carbonyl (C=O) groups excluding carboxylic acids is 2. The van der Waals surface area contributed by atoms with Crippen molar-refractivity contribution < 1.29 is 23.5 Å². The molecule has 0 fully saturated rings. The van der Waals surface area contributed by atoms with Crippen LogP contribution in [0.1, 0.15) is 42.1 Å². The predicted octanol–water partition coefficient (Wildman–Crippen LogP) is 5.55. The smallest absolute Gasteiger partial charge is 0.224 e. The summed E-state index contributed by atoms with van der Waals surface area (Å²) in [6, 6.07) is 16.2. The van der Waals surface area contributed by atoms with E-state index in [1.165, 1.54) is 6.92 Å². The number of ketones is 1. The second-order valence-corrected chi connectivity index (χ2v) is 6.79. The largest absolute Gasteiger partial charge is 0.494 e. The van der Waals surface area contributed by atoms with Gasteiger partial charge in [-0.25, -0.2) is 0 Å². The lowest BCUT2D eigenvalue weighted by atomic mass is 10.1. The molecule has 1 amide bonds. The van der Waals surface area contributed by atoms with Crippen LogP contribution < -0.4 is 14.8 Å². The molecule has 3 rings (SSSR count). The highest BCUT2D eigenvalue weighted by molar-refractivity contribution is 5.95. The van der Waals surface area contributed by atoms with Gasteiger partial charge in [0, 0.05) is 12.8 Å². The Morgan fingerprint density at radius 2 is 1.73 bits per heavy atom. The number of ether oxygens (including phenoxy) is 2. The Morgan fingerprint density at radius 3 is 2.40 bits per heavy atom. The summed E-state index contributed by atoms with van der Waals surface area (Å²) in [5, 5.41) is 2.88. The number of carbonyl (C=O) groups is 2. The van der Waals surface area contributed by atoms with Crippen LogP contribution >= 0.6 is 0 Å². The van der Waals surface area contributed by atoms with Crippen molar-refractivity contribution in [3.63, 3.8) is 0 Å². The van der Waals surface area contributed by atoms with Gasteiger partial charge in [0.05, 0.1) is 17.9 Å². The van der Waals surface area contributed by atoms with Gasteiger partial charge in [-0.2, -0.15) is 0 Å². The van der Waals surface area contributed by atoms with Crippen molar-refractivity contribution in [3.8, 4) is 17.2 Å². The molecule has 30 heavy (non-hydrogen) atoms. The number of benzene rings is 2. The number of anilines is 1. The Labute approximate surface area is 175 Å². The lowest BCUT2D eigenvalue weighted by molar-refractivity contribution is -0.116. The Kier molecular flexibility index (Phi) is 6.91. The van der Waals surface area contributed by atoms with Gasteiger partial charge in [-0.1, -0.05) is 12.1 Å². The number of aryl methyl sites for hydroxylation is 2. The molecule has 1 heterocycles. The van der Waals surface area contributed by atoms with Gasteiger partial charge in [-0.3, -0.25) is 9.59 Å². The van der Waals surface area contributed by atoms with E-state index in [0.29, 0.717) is 47.3 Å². The fourth-order valence-electron chi connectivity index (χ4n) is 3.02. The van der Waals surface area contributed by atoms with E-state index in [2.05, 4.69) is 5.32 Å². The molecule has 156 valence electrons. The third-order valence-corrected chi connectivity index (χ3v) is 4.47. The summed E-state index contributed by atoms with van der Waals surface area (Å²) < 4.78 is 16.9. The normalized spacial score (nSPS) is 10.5. The summed E-state index contributed by atoms with van der Waals surface area (Å²) in [5.74, 6) is 2.93. The van der Waals surface area contributed by atoms with Crippen LogP contribution in [0.2, 0.25) is 0 Å². The monoisotopic (exact) mass is 407 g/mol. The van der Waals surface area contributed by atoms with Crippen LogP contribution in [0.15, 0.2) is 59.0 Å². The number of hydrogen-bond donors (Lipinski definition) is 1. The summed E-state index contributed by atoms with van der Waals surface area (Å²) in [5.41, 5.74) is 1.14. The molecule has 0 aliphatic heterocycles. The molecular weight excluding hydrogens is 382 g/mol. The quantitative estimate of drug-likeness (QED) is 0.470. The molecule has 1 aromatic heterocycles. The number of hydrogen-bond acceptors (Lipinski definition) is 5. The topological polar surface area (TPSA) is 77.8 Å². The van der Waals surface area contributed by atoms with Gasteiger partial charge in [-0.05, 0) is 63.2 Å². The molecule has 1 N–H and O–H groups in total.